The van der Waals surface area contributed by atoms with Crippen molar-refractivity contribution in [1.29, 1.82) is 0 Å². The second-order valence-corrected chi connectivity index (χ2v) is 8.81. The Bertz CT molecular complexity index is 1030. The van der Waals surface area contributed by atoms with Gasteiger partial charge in [-0.05, 0) is 25.3 Å². The summed E-state index contributed by atoms with van der Waals surface area (Å²) in [7, 11) is 1.12. The summed E-state index contributed by atoms with van der Waals surface area (Å²) in [5, 5.41) is 4.42. The number of rotatable bonds is 7. The molecular formula is C26H41F3N6O2. The average Bonchev–Trinajstić information content (AvgIpc) is 3.27. The van der Waals surface area contributed by atoms with Crippen LogP contribution < -0.4 is 4.90 Å². The van der Waals surface area contributed by atoms with Crippen molar-refractivity contribution in [2.75, 3.05) is 44.9 Å². The van der Waals surface area contributed by atoms with Crippen molar-refractivity contribution in [3.8, 4) is 0 Å². The SMILES string of the molecule is C/C=C(/OCC1CC(C)CN(c2cnc3cnn(CC4COC4)c3n2)C1)C(=NC)C(F)(F)F.CC.CC. The molecule has 4 rings (SSSR count). The molecule has 208 valence electrons. The van der Waals surface area contributed by atoms with Gasteiger partial charge in [-0.15, -0.1) is 0 Å². The van der Waals surface area contributed by atoms with Gasteiger partial charge in [0.2, 0.25) is 0 Å². The van der Waals surface area contributed by atoms with Crippen molar-refractivity contribution in [2.45, 2.75) is 60.7 Å². The van der Waals surface area contributed by atoms with E-state index in [9.17, 15) is 13.2 Å². The normalized spacial score (nSPS) is 21.0. The highest BCUT2D eigenvalue weighted by atomic mass is 19.4. The van der Waals surface area contributed by atoms with E-state index >= 15 is 0 Å². The fourth-order valence-electron chi connectivity index (χ4n) is 4.42. The van der Waals surface area contributed by atoms with Crippen molar-refractivity contribution < 1.29 is 22.6 Å². The molecule has 0 N–H and O–H groups in total. The van der Waals surface area contributed by atoms with E-state index in [2.05, 4.69) is 26.9 Å². The maximum atomic E-state index is 13.2. The number of halogens is 3. The van der Waals surface area contributed by atoms with E-state index in [4.69, 9.17) is 14.5 Å². The molecule has 2 unspecified atom stereocenters. The van der Waals surface area contributed by atoms with Crippen molar-refractivity contribution in [3.05, 3.63) is 24.2 Å². The minimum absolute atomic E-state index is 0.0459. The van der Waals surface area contributed by atoms with Crippen LogP contribution in [-0.4, -0.2) is 71.6 Å². The lowest BCUT2D eigenvalue weighted by Gasteiger charge is -2.37. The molecule has 0 aliphatic carbocycles. The van der Waals surface area contributed by atoms with Crippen LogP contribution in [0.25, 0.3) is 11.2 Å². The zero-order valence-electron chi connectivity index (χ0n) is 23.0. The number of aliphatic imine (C=N–C) groups is 1. The van der Waals surface area contributed by atoms with E-state index in [0.717, 1.165) is 56.8 Å². The van der Waals surface area contributed by atoms with E-state index in [1.165, 1.54) is 13.0 Å². The Kier molecular flexibility index (Phi) is 11.8. The van der Waals surface area contributed by atoms with Crippen LogP contribution >= 0.6 is 0 Å². The highest BCUT2D eigenvalue weighted by Crippen LogP contribution is 2.28. The predicted molar refractivity (Wildman–Crippen MR) is 141 cm³/mol. The minimum Gasteiger partial charge on any atom is -0.491 e. The van der Waals surface area contributed by atoms with Gasteiger partial charge in [-0.3, -0.25) is 4.99 Å². The van der Waals surface area contributed by atoms with Gasteiger partial charge in [0.15, 0.2) is 11.4 Å². The molecule has 0 spiro atoms. The second-order valence-electron chi connectivity index (χ2n) is 8.81. The van der Waals surface area contributed by atoms with Crippen LogP contribution in [0.3, 0.4) is 0 Å². The van der Waals surface area contributed by atoms with Crippen LogP contribution in [0.2, 0.25) is 0 Å². The van der Waals surface area contributed by atoms with Crippen LogP contribution in [0.5, 0.6) is 0 Å². The zero-order chi connectivity index (χ0) is 27.6. The summed E-state index contributed by atoms with van der Waals surface area (Å²) >= 11 is 0. The Labute approximate surface area is 218 Å². The molecule has 2 fully saturated rings. The van der Waals surface area contributed by atoms with Crippen LogP contribution in [-0.2, 0) is 16.0 Å². The molecule has 0 saturated carbocycles. The highest BCUT2D eigenvalue weighted by Gasteiger charge is 2.39. The van der Waals surface area contributed by atoms with Crippen LogP contribution in [0.1, 0.15) is 48.0 Å². The third-order valence-corrected chi connectivity index (χ3v) is 6.00. The lowest BCUT2D eigenvalue weighted by atomic mass is 9.91. The van der Waals surface area contributed by atoms with Gasteiger partial charge in [0.25, 0.3) is 0 Å². The number of anilines is 1. The maximum absolute atomic E-state index is 13.2. The van der Waals surface area contributed by atoms with Gasteiger partial charge in [-0.1, -0.05) is 34.6 Å². The summed E-state index contributed by atoms with van der Waals surface area (Å²) in [6.07, 6.45) is 1.07. The maximum Gasteiger partial charge on any atom is 0.436 e. The number of ether oxygens (including phenoxy) is 2. The quantitative estimate of drug-likeness (QED) is 0.348. The van der Waals surface area contributed by atoms with Gasteiger partial charge in [-0.2, -0.15) is 18.3 Å². The van der Waals surface area contributed by atoms with Crippen LogP contribution in [0, 0.1) is 17.8 Å². The topological polar surface area (TPSA) is 77.7 Å². The number of hydrogen-bond donors (Lipinski definition) is 0. The third-order valence-electron chi connectivity index (χ3n) is 6.00. The molecular weight excluding hydrogens is 485 g/mol. The average molecular weight is 527 g/mol. The Balaban J connectivity index is 0.00000115. The highest BCUT2D eigenvalue weighted by molar-refractivity contribution is 6.02. The fraction of sp³-hybridized carbons (Fsp3) is 0.692. The molecule has 8 nitrogen and oxygen atoms in total. The molecule has 0 bridgehead atoms. The zero-order valence-corrected chi connectivity index (χ0v) is 23.0. The summed E-state index contributed by atoms with van der Waals surface area (Å²) in [5.74, 6) is 1.31. The van der Waals surface area contributed by atoms with Crippen molar-refractivity contribution >= 4 is 22.7 Å². The van der Waals surface area contributed by atoms with Crippen molar-refractivity contribution in [1.82, 2.24) is 19.7 Å². The number of allylic oxidation sites excluding steroid dienone is 2. The van der Waals surface area contributed by atoms with Gasteiger partial charge in [0, 0.05) is 32.0 Å². The molecule has 0 radical (unpaired) electrons. The first-order valence-electron chi connectivity index (χ1n) is 13.1. The standard InChI is InChI=1S/C22H29F3N6O2.2C2H6/c1-4-18(20(26-3)22(23,24)25)33-13-15-5-14(2)8-30(9-15)19-7-27-17-6-28-31(21(17)29-19)10-16-11-32-12-16;2*1-2/h4,6-7,14-16H,5,8-13H2,1-3H3;2*1-2H3/b18-4+,26-20?;;. The van der Waals surface area contributed by atoms with E-state index in [-0.39, 0.29) is 18.3 Å². The van der Waals surface area contributed by atoms with Gasteiger partial charge >= 0.3 is 6.18 Å². The molecule has 0 aromatic carbocycles. The first kappa shape index (κ1) is 30.5. The largest absolute Gasteiger partial charge is 0.491 e. The number of hydrogen-bond acceptors (Lipinski definition) is 7. The second kappa shape index (κ2) is 14.3. The van der Waals surface area contributed by atoms with E-state index in [1.54, 1.807) is 12.4 Å². The molecule has 2 aromatic rings. The Morgan fingerprint density at radius 1 is 1.16 bits per heavy atom. The summed E-state index contributed by atoms with van der Waals surface area (Å²) in [4.78, 5) is 14.9. The Hall–Kier alpha value is -2.69. The van der Waals surface area contributed by atoms with Crippen molar-refractivity contribution in [3.63, 3.8) is 0 Å². The summed E-state index contributed by atoms with van der Waals surface area (Å²) in [6, 6.07) is 0. The Morgan fingerprint density at radius 2 is 1.86 bits per heavy atom. The first-order valence-corrected chi connectivity index (χ1v) is 13.1. The van der Waals surface area contributed by atoms with E-state index < -0.39 is 11.9 Å². The van der Waals surface area contributed by atoms with E-state index in [0.29, 0.717) is 18.4 Å². The van der Waals surface area contributed by atoms with Crippen LogP contribution in [0.15, 0.2) is 29.2 Å². The summed E-state index contributed by atoms with van der Waals surface area (Å²) in [5.41, 5.74) is 0.475. The predicted octanol–water partition coefficient (Wildman–Crippen LogP) is 5.54. The number of nitrogens with zero attached hydrogens (tertiary/aromatic N) is 6. The fourth-order valence-corrected chi connectivity index (χ4v) is 4.42. The molecule has 0 amide bonds. The van der Waals surface area contributed by atoms with Gasteiger partial charge in [0.05, 0.1) is 38.8 Å². The summed E-state index contributed by atoms with van der Waals surface area (Å²) in [6.45, 7) is 15.4. The molecule has 2 saturated heterocycles. The number of fused-ring (bicyclic) bond motifs is 1. The molecule has 2 aliphatic rings. The molecule has 37 heavy (non-hydrogen) atoms. The minimum atomic E-state index is -4.55. The monoisotopic (exact) mass is 526 g/mol. The Morgan fingerprint density at radius 3 is 2.43 bits per heavy atom. The number of alkyl halides is 3. The number of aromatic nitrogens is 4. The lowest BCUT2D eigenvalue weighted by molar-refractivity contribution is -0.0611. The molecule has 4 heterocycles. The smallest absolute Gasteiger partial charge is 0.436 e. The molecule has 2 atom stereocenters. The third kappa shape index (κ3) is 7.90. The molecule has 2 aliphatic heterocycles. The molecule has 2 aromatic heterocycles. The van der Waals surface area contributed by atoms with Gasteiger partial charge in [-0.25, -0.2) is 14.6 Å². The van der Waals surface area contributed by atoms with Gasteiger partial charge < -0.3 is 14.4 Å². The van der Waals surface area contributed by atoms with E-state index in [1.807, 2.05) is 32.4 Å². The lowest BCUT2D eigenvalue weighted by Crippen LogP contribution is -2.42. The van der Waals surface area contributed by atoms with Crippen molar-refractivity contribution in [2.24, 2.45) is 22.7 Å². The first-order chi connectivity index (χ1) is 17.8. The molecule has 11 heteroatoms. The summed E-state index contributed by atoms with van der Waals surface area (Å²) < 4.78 is 52.4. The van der Waals surface area contributed by atoms with Gasteiger partial charge in [0.1, 0.15) is 17.1 Å². The van der Waals surface area contributed by atoms with Crippen LogP contribution in [0.4, 0.5) is 19.0 Å². The number of piperidine rings is 1.